The summed E-state index contributed by atoms with van der Waals surface area (Å²) < 4.78 is 21.4. The maximum absolute atomic E-state index is 14.1. The van der Waals surface area contributed by atoms with Crippen molar-refractivity contribution < 1.29 is 23.5 Å². The van der Waals surface area contributed by atoms with E-state index in [1.165, 1.54) is 6.07 Å². The van der Waals surface area contributed by atoms with Crippen molar-refractivity contribution in [1.82, 2.24) is 14.8 Å². The van der Waals surface area contributed by atoms with Gasteiger partial charge in [0.05, 0.1) is 17.6 Å². The van der Waals surface area contributed by atoms with E-state index < -0.39 is 17.0 Å². The van der Waals surface area contributed by atoms with Crippen LogP contribution in [0.1, 0.15) is 24.0 Å². The zero-order valence-corrected chi connectivity index (χ0v) is 19.7. The lowest BCUT2D eigenvalue weighted by molar-refractivity contribution is -0.123. The van der Waals surface area contributed by atoms with Gasteiger partial charge in [-0.15, -0.1) is 0 Å². The first-order chi connectivity index (χ1) is 17.0. The van der Waals surface area contributed by atoms with Gasteiger partial charge in [0.2, 0.25) is 5.91 Å². The number of hydrogen-bond donors (Lipinski definition) is 1. The first-order valence-electron chi connectivity index (χ1n) is 11.4. The topological polar surface area (TPSA) is 80.6 Å². The number of halogens is 1. The Morgan fingerprint density at radius 3 is 2.77 bits per heavy atom. The molecule has 0 radical (unpaired) electrons. The van der Waals surface area contributed by atoms with Gasteiger partial charge in [-0.25, -0.2) is 4.39 Å². The van der Waals surface area contributed by atoms with Gasteiger partial charge in [0.25, 0.3) is 11.1 Å². The highest BCUT2D eigenvalue weighted by atomic mass is 32.2. The molecule has 2 aliphatic heterocycles. The van der Waals surface area contributed by atoms with E-state index in [0.29, 0.717) is 6.54 Å². The Hall–Kier alpha value is -3.43. The molecule has 9 heteroatoms. The van der Waals surface area contributed by atoms with E-state index in [1.54, 1.807) is 30.5 Å². The average molecular weight is 494 g/mol. The minimum Gasteiger partial charge on any atom is -0.376 e. The van der Waals surface area contributed by atoms with Gasteiger partial charge in [-0.05, 0) is 42.8 Å². The summed E-state index contributed by atoms with van der Waals surface area (Å²) in [5.41, 5.74) is 1.85. The molecule has 2 saturated heterocycles. The van der Waals surface area contributed by atoms with Crippen molar-refractivity contribution in [1.29, 1.82) is 0 Å². The summed E-state index contributed by atoms with van der Waals surface area (Å²) in [6, 6.07) is 13.7. The smallest absolute Gasteiger partial charge is 0.293 e. The van der Waals surface area contributed by atoms with E-state index in [2.05, 4.69) is 5.32 Å². The SMILES string of the molecule is O=C(Cn1cc(/C=C2\SC(=O)N(Cc3ccccc3F)C2=O)c2ccccc21)NC[C@H]1CCCO1. The number of carbonyl (C=O) groups is 3. The molecule has 35 heavy (non-hydrogen) atoms. The van der Waals surface area contributed by atoms with Gasteiger partial charge in [0.15, 0.2) is 0 Å². The quantitative estimate of drug-likeness (QED) is 0.496. The molecule has 0 aliphatic carbocycles. The average Bonchev–Trinajstić information content (AvgIpc) is 3.56. The molecule has 3 heterocycles. The van der Waals surface area contributed by atoms with Crippen LogP contribution in [0.25, 0.3) is 17.0 Å². The molecule has 0 unspecified atom stereocenters. The number of ether oxygens (including phenoxy) is 1. The van der Waals surface area contributed by atoms with Crippen molar-refractivity contribution in [3.63, 3.8) is 0 Å². The lowest BCUT2D eigenvalue weighted by atomic mass is 10.1. The fourth-order valence-electron chi connectivity index (χ4n) is 4.34. The number of benzene rings is 2. The van der Waals surface area contributed by atoms with Crippen LogP contribution in [0.5, 0.6) is 0 Å². The molecule has 0 spiro atoms. The Kier molecular flexibility index (Phi) is 6.70. The highest BCUT2D eigenvalue weighted by molar-refractivity contribution is 8.18. The van der Waals surface area contributed by atoms with E-state index in [0.717, 1.165) is 52.6 Å². The summed E-state index contributed by atoms with van der Waals surface area (Å²) in [6.45, 7) is 1.22. The Labute approximate surface area is 205 Å². The highest BCUT2D eigenvalue weighted by Crippen LogP contribution is 2.35. The number of aromatic nitrogens is 1. The number of para-hydroxylation sites is 1. The first-order valence-corrected chi connectivity index (χ1v) is 12.3. The fraction of sp³-hybridized carbons (Fsp3) is 0.269. The van der Waals surface area contributed by atoms with Crippen LogP contribution in [0.15, 0.2) is 59.6 Å². The molecule has 3 aromatic rings. The van der Waals surface area contributed by atoms with Crippen LogP contribution in [0.4, 0.5) is 9.18 Å². The number of amides is 3. The number of nitrogens with one attached hydrogen (secondary N) is 1. The van der Waals surface area contributed by atoms with Crippen molar-refractivity contribution in [2.45, 2.75) is 32.0 Å². The number of rotatable bonds is 7. The molecule has 0 bridgehead atoms. The first kappa shape index (κ1) is 23.3. The van der Waals surface area contributed by atoms with Gasteiger partial charge >= 0.3 is 0 Å². The summed E-state index contributed by atoms with van der Waals surface area (Å²) in [4.78, 5) is 39.4. The normalized spacial score (nSPS) is 19.3. The molecule has 2 aromatic carbocycles. The van der Waals surface area contributed by atoms with E-state index >= 15 is 0 Å². The zero-order valence-electron chi connectivity index (χ0n) is 18.9. The summed E-state index contributed by atoms with van der Waals surface area (Å²) in [5, 5.41) is 3.34. The number of thioether (sulfide) groups is 1. The standard InChI is InChI=1S/C26H24FN3O4S/c27-21-9-3-1-6-17(21)15-30-25(32)23(35-26(30)33)12-18-14-29(22-10-4-2-8-20(18)22)16-24(31)28-13-19-7-5-11-34-19/h1-4,6,8-10,12,14,19H,5,7,11,13,15-16H2,(H,28,31)/b23-12-/t19-/m1/s1. The highest BCUT2D eigenvalue weighted by Gasteiger charge is 2.35. The van der Waals surface area contributed by atoms with E-state index in [9.17, 15) is 18.8 Å². The van der Waals surface area contributed by atoms with Crippen LogP contribution in [0.2, 0.25) is 0 Å². The summed E-state index contributed by atoms with van der Waals surface area (Å²) in [5.74, 6) is -1.05. The Morgan fingerprint density at radius 2 is 1.97 bits per heavy atom. The van der Waals surface area contributed by atoms with Crippen LogP contribution < -0.4 is 5.32 Å². The second-order valence-electron chi connectivity index (χ2n) is 8.53. The number of hydrogen-bond acceptors (Lipinski definition) is 5. The van der Waals surface area contributed by atoms with E-state index in [4.69, 9.17) is 4.74 Å². The third-order valence-electron chi connectivity index (χ3n) is 6.13. The van der Waals surface area contributed by atoms with Crippen LogP contribution in [0.3, 0.4) is 0 Å². The molecule has 0 saturated carbocycles. The predicted octanol–water partition coefficient (Wildman–Crippen LogP) is 4.31. The maximum atomic E-state index is 14.1. The largest absolute Gasteiger partial charge is 0.376 e. The summed E-state index contributed by atoms with van der Waals surface area (Å²) in [6.07, 6.45) is 5.49. The third kappa shape index (κ3) is 5.01. The number of fused-ring (bicyclic) bond motifs is 1. The lowest BCUT2D eigenvalue weighted by Gasteiger charge is -2.12. The second-order valence-corrected chi connectivity index (χ2v) is 9.52. The van der Waals surface area contributed by atoms with Gasteiger partial charge in [-0.3, -0.25) is 19.3 Å². The van der Waals surface area contributed by atoms with Crippen LogP contribution in [0, 0.1) is 5.82 Å². The summed E-state index contributed by atoms with van der Waals surface area (Å²) in [7, 11) is 0. The molecular weight excluding hydrogens is 469 g/mol. The van der Waals surface area contributed by atoms with Crippen molar-refractivity contribution in [2.24, 2.45) is 0 Å². The molecule has 1 atom stereocenters. The molecule has 1 aromatic heterocycles. The van der Waals surface area contributed by atoms with E-state index in [-0.39, 0.29) is 35.6 Å². The van der Waals surface area contributed by atoms with Crippen molar-refractivity contribution in [3.05, 3.63) is 76.6 Å². The van der Waals surface area contributed by atoms with Gasteiger partial charge in [-0.2, -0.15) is 0 Å². The predicted molar refractivity (Wildman–Crippen MR) is 132 cm³/mol. The Morgan fingerprint density at radius 1 is 1.17 bits per heavy atom. The number of nitrogens with zero attached hydrogens (tertiary/aromatic N) is 2. The molecule has 180 valence electrons. The third-order valence-corrected chi connectivity index (χ3v) is 7.04. The van der Waals surface area contributed by atoms with Crippen molar-refractivity contribution >= 4 is 45.8 Å². The fourth-order valence-corrected chi connectivity index (χ4v) is 5.17. The van der Waals surface area contributed by atoms with E-state index in [1.807, 2.05) is 28.8 Å². The summed E-state index contributed by atoms with van der Waals surface area (Å²) >= 11 is 0.829. The van der Waals surface area contributed by atoms with Gasteiger partial charge in [-0.1, -0.05) is 36.4 Å². The monoisotopic (exact) mass is 493 g/mol. The Bertz CT molecular complexity index is 1330. The van der Waals surface area contributed by atoms with Crippen molar-refractivity contribution in [3.8, 4) is 0 Å². The molecule has 7 nitrogen and oxygen atoms in total. The van der Waals surface area contributed by atoms with Crippen LogP contribution >= 0.6 is 11.8 Å². The van der Waals surface area contributed by atoms with Crippen LogP contribution in [-0.4, -0.2) is 45.8 Å². The van der Waals surface area contributed by atoms with Gasteiger partial charge in [0, 0.05) is 41.4 Å². The molecule has 2 aliphatic rings. The molecular formula is C26H24FN3O4S. The van der Waals surface area contributed by atoms with Gasteiger partial charge < -0.3 is 14.6 Å². The second kappa shape index (κ2) is 10.1. The minimum absolute atomic E-state index is 0.0656. The lowest BCUT2D eigenvalue weighted by Crippen LogP contribution is -2.34. The number of carbonyl (C=O) groups excluding carboxylic acids is 3. The minimum atomic E-state index is -0.464. The Balaban J connectivity index is 1.35. The maximum Gasteiger partial charge on any atom is 0.293 e. The van der Waals surface area contributed by atoms with Gasteiger partial charge in [0.1, 0.15) is 12.4 Å². The molecule has 5 rings (SSSR count). The molecule has 3 amide bonds. The van der Waals surface area contributed by atoms with Crippen molar-refractivity contribution in [2.75, 3.05) is 13.2 Å². The zero-order chi connectivity index (χ0) is 24.4. The van der Waals surface area contributed by atoms with Crippen LogP contribution in [-0.2, 0) is 27.4 Å². The number of imide groups is 1. The molecule has 1 N–H and O–H groups in total. The molecule has 2 fully saturated rings.